The van der Waals surface area contributed by atoms with Crippen LogP contribution in [0.4, 0.5) is 11.8 Å². The predicted octanol–water partition coefficient (Wildman–Crippen LogP) is 2.08. The van der Waals surface area contributed by atoms with E-state index in [1.165, 1.54) is 6.42 Å². The van der Waals surface area contributed by atoms with Gasteiger partial charge >= 0.3 is 0 Å². The Morgan fingerprint density at radius 3 is 2.83 bits per heavy atom. The second-order valence-electron chi connectivity index (χ2n) is 4.39. The molecule has 5 nitrogen and oxygen atoms in total. The maximum absolute atomic E-state index is 5.01. The van der Waals surface area contributed by atoms with Gasteiger partial charge in [-0.2, -0.15) is 4.98 Å². The molecule has 0 amide bonds. The SMILES string of the molecule is CCCCN(C)c1nc(C)cc(NCCOC)n1. The molecule has 0 aliphatic rings. The van der Waals surface area contributed by atoms with E-state index in [0.717, 1.165) is 37.0 Å². The van der Waals surface area contributed by atoms with E-state index < -0.39 is 0 Å². The van der Waals surface area contributed by atoms with Gasteiger partial charge in [-0.05, 0) is 13.3 Å². The van der Waals surface area contributed by atoms with Crippen molar-refractivity contribution in [3.63, 3.8) is 0 Å². The molecule has 1 aromatic rings. The molecule has 0 fully saturated rings. The molecule has 0 aromatic carbocycles. The van der Waals surface area contributed by atoms with E-state index in [-0.39, 0.29) is 0 Å². The molecule has 0 saturated heterocycles. The van der Waals surface area contributed by atoms with Gasteiger partial charge in [-0.15, -0.1) is 0 Å². The van der Waals surface area contributed by atoms with Crippen molar-refractivity contribution in [3.8, 4) is 0 Å². The number of ether oxygens (including phenoxy) is 1. The number of anilines is 2. The fraction of sp³-hybridized carbons (Fsp3) is 0.692. The van der Waals surface area contributed by atoms with Gasteiger partial charge in [0.15, 0.2) is 0 Å². The number of hydrogen-bond acceptors (Lipinski definition) is 5. The number of hydrogen-bond donors (Lipinski definition) is 1. The van der Waals surface area contributed by atoms with Gasteiger partial charge in [0.1, 0.15) is 5.82 Å². The molecule has 18 heavy (non-hydrogen) atoms. The molecule has 0 aliphatic carbocycles. The zero-order chi connectivity index (χ0) is 13.4. The Balaban J connectivity index is 2.67. The summed E-state index contributed by atoms with van der Waals surface area (Å²) in [7, 11) is 3.72. The smallest absolute Gasteiger partial charge is 0.227 e. The number of aryl methyl sites for hydroxylation is 1. The highest BCUT2D eigenvalue weighted by molar-refractivity contribution is 5.43. The first-order valence-electron chi connectivity index (χ1n) is 6.47. The number of methoxy groups -OCH3 is 1. The number of unbranched alkanes of at least 4 members (excludes halogenated alkanes) is 1. The first kappa shape index (κ1) is 14.7. The van der Waals surface area contributed by atoms with E-state index in [4.69, 9.17) is 4.74 Å². The highest BCUT2D eigenvalue weighted by Crippen LogP contribution is 2.12. The van der Waals surface area contributed by atoms with Gasteiger partial charge in [0, 0.05) is 39.0 Å². The van der Waals surface area contributed by atoms with Crippen LogP contribution in [0, 0.1) is 6.92 Å². The number of aromatic nitrogens is 2. The molecule has 1 rings (SSSR count). The minimum Gasteiger partial charge on any atom is -0.383 e. The Labute approximate surface area is 110 Å². The third-order valence-corrected chi connectivity index (χ3v) is 2.64. The lowest BCUT2D eigenvalue weighted by molar-refractivity contribution is 0.210. The second-order valence-corrected chi connectivity index (χ2v) is 4.39. The summed E-state index contributed by atoms with van der Waals surface area (Å²) in [6, 6.07) is 1.95. The largest absolute Gasteiger partial charge is 0.383 e. The van der Waals surface area contributed by atoms with E-state index in [9.17, 15) is 0 Å². The van der Waals surface area contributed by atoms with Crippen molar-refractivity contribution in [3.05, 3.63) is 11.8 Å². The van der Waals surface area contributed by atoms with Crippen LogP contribution in [0.5, 0.6) is 0 Å². The van der Waals surface area contributed by atoms with E-state index in [1.807, 2.05) is 20.0 Å². The standard InChI is InChI=1S/C13H24N4O/c1-5-6-8-17(3)13-15-11(2)10-12(16-13)14-7-9-18-4/h10H,5-9H2,1-4H3,(H,14,15,16). The normalized spacial score (nSPS) is 10.4. The van der Waals surface area contributed by atoms with Crippen LogP contribution >= 0.6 is 0 Å². The number of nitrogens with zero attached hydrogens (tertiary/aromatic N) is 3. The third-order valence-electron chi connectivity index (χ3n) is 2.64. The highest BCUT2D eigenvalue weighted by Gasteiger charge is 2.06. The summed E-state index contributed by atoms with van der Waals surface area (Å²) in [5.41, 5.74) is 0.975. The molecule has 0 spiro atoms. The Morgan fingerprint density at radius 1 is 1.39 bits per heavy atom. The first-order valence-corrected chi connectivity index (χ1v) is 6.47. The molecule has 5 heteroatoms. The lowest BCUT2D eigenvalue weighted by Crippen LogP contribution is -2.22. The van der Waals surface area contributed by atoms with Crippen LogP contribution in [0.1, 0.15) is 25.5 Å². The molecule has 0 unspecified atom stereocenters. The van der Waals surface area contributed by atoms with Crippen LogP contribution in [0.2, 0.25) is 0 Å². The maximum atomic E-state index is 5.01. The van der Waals surface area contributed by atoms with Crippen LogP contribution in [-0.2, 0) is 4.74 Å². The maximum Gasteiger partial charge on any atom is 0.227 e. The number of nitrogens with one attached hydrogen (secondary N) is 1. The quantitative estimate of drug-likeness (QED) is 0.718. The van der Waals surface area contributed by atoms with Gasteiger partial charge in [-0.3, -0.25) is 0 Å². The molecule has 102 valence electrons. The monoisotopic (exact) mass is 252 g/mol. The average molecular weight is 252 g/mol. The van der Waals surface area contributed by atoms with E-state index in [1.54, 1.807) is 7.11 Å². The zero-order valence-corrected chi connectivity index (χ0v) is 11.9. The van der Waals surface area contributed by atoms with Crippen molar-refractivity contribution in [1.29, 1.82) is 0 Å². The third kappa shape index (κ3) is 4.87. The van der Waals surface area contributed by atoms with Gasteiger partial charge in [0.2, 0.25) is 5.95 Å². The minimum atomic E-state index is 0.671. The van der Waals surface area contributed by atoms with E-state index >= 15 is 0 Å². The van der Waals surface area contributed by atoms with Crippen LogP contribution < -0.4 is 10.2 Å². The summed E-state index contributed by atoms with van der Waals surface area (Å²) < 4.78 is 5.01. The minimum absolute atomic E-state index is 0.671. The van der Waals surface area contributed by atoms with Crippen LogP contribution in [0.25, 0.3) is 0 Å². The summed E-state index contributed by atoms with van der Waals surface area (Å²) in [6.45, 7) is 6.58. The van der Waals surface area contributed by atoms with Crippen molar-refractivity contribution in [2.24, 2.45) is 0 Å². The molecular weight excluding hydrogens is 228 g/mol. The Kier molecular flexibility index (Phi) is 6.43. The molecule has 0 radical (unpaired) electrons. The molecule has 0 atom stereocenters. The van der Waals surface area contributed by atoms with Crippen molar-refractivity contribution >= 4 is 11.8 Å². The molecule has 0 aliphatic heterocycles. The summed E-state index contributed by atoms with van der Waals surface area (Å²) in [4.78, 5) is 11.1. The van der Waals surface area contributed by atoms with Crippen molar-refractivity contribution in [2.75, 3.05) is 44.1 Å². The molecule has 1 N–H and O–H groups in total. The van der Waals surface area contributed by atoms with Gasteiger partial charge in [-0.1, -0.05) is 13.3 Å². The summed E-state index contributed by atoms with van der Waals surface area (Å²) in [5, 5.41) is 3.23. The lowest BCUT2D eigenvalue weighted by Gasteiger charge is -2.18. The molecule has 0 bridgehead atoms. The molecular formula is C13H24N4O. The Morgan fingerprint density at radius 2 is 2.17 bits per heavy atom. The van der Waals surface area contributed by atoms with Crippen LogP contribution in [0.15, 0.2) is 6.07 Å². The second kappa shape index (κ2) is 7.87. The zero-order valence-electron chi connectivity index (χ0n) is 11.9. The van der Waals surface area contributed by atoms with Crippen LogP contribution in [-0.4, -0.2) is 43.8 Å². The molecule has 1 heterocycles. The predicted molar refractivity (Wildman–Crippen MR) is 75.3 cm³/mol. The van der Waals surface area contributed by atoms with Gasteiger partial charge in [0.25, 0.3) is 0 Å². The Bertz CT molecular complexity index is 357. The average Bonchev–Trinajstić information content (AvgIpc) is 2.35. The lowest BCUT2D eigenvalue weighted by atomic mass is 10.3. The van der Waals surface area contributed by atoms with Crippen molar-refractivity contribution in [1.82, 2.24) is 9.97 Å². The van der Waals surface area contributed by atoms with Gasteiger partial charge in [-0.25, -0.2) is 4.98 Å². The summed E-state index contributed by atoms with van der Waals surface area (Å²) in [6.07, 6.45) is 2.33. The molecule has 0 saturated carbocycles. The first-order chi connectivity index (χ1) is 8.67. The molecule has 1 aromatic heterocycles. The van der Waals surface area contributed by atoms with Crippen molar-refractivity contribution < 1.29 is 4.74 Å². The highest BCUT2D eigenvalue weighted by atomic mass is 16.5. The Hall–Kier alpha value is -1.36. The van der Waals surface area contributed by atoms with E-state index in [0.29, 0.717) is 6.61 Å². The summed E-state index contributed by atoms with van der Waals surface area (Å²) >= 11 is 0. The van der Waals surface area contributed by atoms with Crippen molar-refractivity contribution in [2.45, 2.75) is 26.7 Å². The number of rotatable bonds is 8. The van der Waals surface area contributed by atoms with Crippen LogP contribution in [0.3, 0.4) is 0 Å². The summed E-state index contributed by atoms with van der Waals surface area (Å²) in [5.74, 6) is 1.64. The van der Waals surface area contributed by atoms with Gasteiger partial charge < -0.3 is 15.0 Å². The topological polar surface area (TPSA) is 50.3 Å². The van der Waals surface area contributed by atoms with E-state index in [2.05, 4.69) is 27.1 Å². The van der Waals surface area contributed by atoms with Gasteiger partial charge in [0.05, 0.1) is 6.61 Å². The fourth-order valence-corrected chi connectivity index (χ4v) is 1.59. The fourth-order valence-electron chi connectivity index (χ4n) is 1.59.